The molecule has 1 fully saturated rings. The lowest BCUT2D eigenvalue weighted by Crippen LogP contribution is -2.34. The second kappa shape index (κ2) is 5.41. The van der Waals surface area contributed by atoms with E-state index >= 15 is 0 Å². The molecule has 1 N–H and O–H groups in total. The molecular weight excluding hydrogens is 220 g/mol. The van der Waals surface area contributed by atoms with E-state index < -0.39 is 0 Å². The molecule has 0 saturated carbocycles. The zero-order chi connectivity index (χ0) is 12.4. The van der Waals surface area contributed by atoms with Crippen molar-refractivity contribution in [2.45, 2.75) is 45.8 Å². The molecule has 0 amide bonds. The number of nitrogens with one attached hydrogen (secondary N) is 1. The second-order valence-electron chi connectivity index (χ2n) is 5.86. The van der Waals surface area contributed by atoms with E-state index in [4.69, 9.17) is 0 Å². The van der Waals surface area contributed by atoms with Gasteiger partial charge in [-0.2, -0.15) is 0 Å². The SMILES string of the molecule is CCC1CCCN(Cc2ccc3c(c2)CNC3)C1. The number of nitrogens with zero attached hydrogens (tertiary/aromatic N) is 1. The van der Waals surface area contributed by atoms with Gasteiger partial charge in [-0.3, -0.25) is 4.90 Å². The van der Waals surface area contributed by atoms with Crippen LogP contribution in [0.1, 0.15) is 42.9 Å². The molecule has 0 spiro atoms. The van der Waals surface area contributed by atoms with Crippen molar-refractivity contribution < 1.29 is 0 Å². The minimum absolute atomic E-state index is 0.926. The van der Waals surface area contributed by atoms with Crippen LogP contribution in [0.2, 0.25) is 0 Å². The molecule has 1 saturated heterocycles. The van der Waals surface area contributed by atoms with Crippen molar-refractivity contribution in [3.63, 3.8) is 0 Å². The van der Waals surface area contributed by atoms with Gasteiger partial charge >= 0.3 is 0 Å². The van der Waals surface area contributed by atoms with Crippen molar-refractivity contribution in [3.05, 3.63) is 34.9 Å². The van der Waals surface area contributed by atoms with Crippen LogP contribution in [0, 0.1) is 5.92 Å². The van der Waals surface area contributed by atoms with E-state index in [0.717, 1.165) is 25.6 Å². The molecule has 0 bridgehead atoms. The normalized spacial score (nSPS) is 24.2. The van der Waals surface area contributed by atoms with Crippen LogP contribution in [-0.2, 0) is 19.6 Å². The quantitative estimate of drug-likeness (QED) is 0.879. The maximum absolute atomic E-state index is 3.42. The standard InChI is InChI=1S/C16H24N2/c1-2-13-4-3-7-18(11-13)12-14-5-6-15-9-17-10-16(15)8-14/h5-6,8,13,17H,2-4,7,9-12H2,1H3. The number of hydrogen-bond acceptors (Lipinski definition) is 2. The molecule has 98 valence electrons. The van der Waals surface area contributed by atoms with Crippen LogP contribution in [0.3, 0.4) is 0 Å². The molecule has 1 aromatic rings. The predicted octanol–water partition coefficient (Wildman–Crippen LogP) is 2.91. The van der Waals surface area contributed by atoms with Gasteiger partial charge in [0.05, 0.1) is 0 Å². The molecule has 0 aromatic heterocycles. The van der Waals surface area contributed by atoms with Crippen LogP contribution in [-0.4, -0.2) is 18.0 Å². The van der Waals surface area contributed by atoms with Gasteiger partial charge in [0.25, 0.3) is 0 Å². The number of piperidine rings is 1. The molecule has 1 aromatic carbocycles. The summed E-state index contributed by atoms with van der Waals surface area (Å²) in [5, 5.41) is 3.42. The van der Waals surface area contributed by atoms with Crippen molar-refractivity contribution in [2.75, 3.05) is 13.1 Å². The van der Waals surface area contributed by atoms with Crippen molar-refractivity contribution in [2.24, 2.45) is 5.92 Å². The maximum Gasteiger partial charge on any atom is 0.0233 e. The Morgan fingerprint density at radius 1 is 1.28 bits per heavy atom. The molecule has 3 rings (SSSR count). The lowest BCUT2D eigenvalue weighted by molar-refractivity contribution is 0.164. The average molecular weight is 244 g/mol. The van der Waals surface area contributed by atoms with Gasteiger partial charge in [0, 0.05) is 26.2 Å². The summed E-state index contributed by atoms with van der Waals surface area (Å²) in [7, 11) is 0. The van der Waals surface area contributed by atoms with Crippen LogP contribution in [0.15, 0.2) is 18.2 Å². The van der Waals surface area contributed by atoms with Gasteiger partial charge in [-0.15, -0.1) is 0 Å². The van der Waals surface area contributed by atoms with Crippen molar-refractivity contribution in [3.8, 4) is 0 Å². The van der Waals surface area contributed by atoms with Crippen LogP contribution in [0.25, 0.3) is 0 Å². The van der Waals surface area contributed by atoms with E-state index in [-0.39, 0.29) is 0 Å². The summed E-state index contributed by atoms with van der Waals surface area (Å²) in [6, 6.07) is 7.04. The number of likely N-dealkylation sites (tertiary alicyclic amines) is 1. The summed E-state index contributed by atoms with van der Waals surface area (Å²) in [4.78, 5) is 2.64. The van der Waals surface area contributed by atoms with E-state index in [9.17, 15) is 0 Å². The Labute approximate surface area is 110 Å². The fraction of sp³-hybridized carbons (Fsp3) is 0.625. The van der Waals surface area contributed by atoms with Gasteiger partial charge in [0.1, 0.15) is 0 Å². The Morgan fingerprint density at radius 3 is 3.06 bits per heavy atom. The molecule has 2 aliphatic rings. The number of rotatable bonds is 3. The van der Waals surface area contributed by atoms with Gasteiger partial charge in [0.2, 0.25) is 0 Å². The Balaban J connectivity index is 1.65. The maximum atomic E-state index is 3.42. The highest BCUT2D eigenvalue weighted by Crippen LogP contribution is 2.22. The Kier molecular flexibility index (Phi) is 3.67. The third-order valence-corrected chi connectivity index (χ3v) is 4.49. The third kappa shape index (κ3) is 2.60. The van der Waals surface area contributed by atoms with E-state index in [1.807, 2.05) is 0 Å². The molecular formula is C16H24N2. The first-order valence-electron chi connectivity index (χ1n) is 7.39. The Hall–Kier alpha value is -0.860. The van der Waals surface area contributed by atoms with Crippen molar-refractivity contribution >= 4 is 0 Å². The Morgan fingerprint density at radius 2 is 2.17 bits per heavy atom. The van der Waals surface area contributed by atoms with Crippen molar-refractivity contribution in [1.29, 1.82) is 0 Å². The molecule has 2 heterocycles. The number of fused-ring (bicyclic) bond motifs is 1. The monoisotopic (exact) mass is 244 g/mol. The van der Waals surface area contributed by atoms with Gasteiger partial charge in [0.15, 0.2) is 0 Å². The number of benzene rings is 1. The van der Waals surface area contributed by atoms with Crippen LogP contribution >= 0.6 is 0 Å². The summed E-state index contributed by atoms with van der Waals surface area (Å²) in [6.45, 7) is 8.16. The van der Waals surface area contributed by atoms with Crippen LogP contribution < -0.4 is 5.32 Å². The lowest BCUT2D eigenvalue weighted by Gasteiger charge is -2.32. The van der Waals surface area contributed by atoms with Crippen LogP contribution in [0.5, 0.6) is 0 Å². The Bertz CT molecular complexity index is 414. The molecule has 18 heavy (non-hydrogen) atoms. The van der Waals surface area contributed by atoms with Crippen molar-refractivity contribution in [1.82, 2.24) is 10.2 Å². The molecule has 0 radical (unpaired) electrons. The van der Waals surface area contributed by atoms with E-state index in [2.05, 4.69) is 35.3 Å². The minimum Gasteiger partial charge on any atom is -0.309 e. The smallest absolute Gasteiger partial charge is 0.0233 e. The summed E-state index contributed by atoms with van der Waals surface area (Å²) < 4.78 is 0. The highest BCUT2D eigenvalue weighted by atomic mass is 15.1. The summed E-state index contributed by atoms with van der Waals surface area (Å²) in [6.07, 6.45) is 4.15. The van der Waals surface area contributed by atoms with E-state index in [1.54, 1.807) is 0 Å². The largest absolute Gasteiger partial charge is 0.309 e. The van der Waals surface area contributed by atoms with Gasteiger partial charge in [-0.1, -0.05) is 31.5 Å². The van der Waals surface area contributed by atoms with E-state index in [0.29, 0.717) is 0 Å². The summed E-state index contributed by atoms with van der Waals surface area (Å²) >= 11 is 0. The highest BCUT2D eigenvalue weighted by Gasteiger charge is 2.19. The third-order valence-electron chi connectivity index (χ3n) is 4.49. The van der Waals surface area contributed by atoms with Gasteiger partial charge in [-0.05, 0) is 42.0 Å². The molecule has 2 heteroatoms. The molecule has 0 aliphatic carbocycles. The highest BCUT2D eigenvalue weighted by molar-refractivity contribution is 5.34. The average Bonchev–Trinajstić information content (AvgIpc) is 2.86. The zero-order valence-corrected chi connectivity index (χ0v) is 11.4. The zero-order valence-electron chi connectivity index (χ0n) is 11.4. The molecule has 1 atom stereocenters. The first-order valence-corrected chi connectivity index (χ1v) is 7.39. The summed E-state index contributed by atoms with van der Waals surface area (Å²) in [5.74, 6) is 0.926. The molecule has 1 unspecified atom stereocenters. The first-order chi connectivity index (χ1) is 8.85. The second-order valence-corrected chi connectivity index (χ2v) is 5.86. The fourth-order valence-electron chi connectivity index (χ4n) is 3.33. The van der Waals surface area contributed by atoms with Gasteiger partial charge in [-0.25, -0.2) is 0 Å². The first kappa shape index (κ1) is 12.2. The number of hydrogen-bond donors (Lipinski definition) is 1. The lowest BCUT2D eigenvalue weighted by atomic mass is 9.95. The minimum atomic E-state index is 0.926. The molecule has 2 aliphatic heterocycles. The van der Waals surface area contributed by atoms with E-state index in [1.165, 1.54) is 49.0 Å². The summed E-state index contributed by atoms with van der Waals surface area (Å²) in [5.41, 5.74) is 4.49. The topological polar surface area (TPSA) is 15.3 Å². The molecule has 2 nitrogen and oxygen atoms in total. The van der Waals surface area contributed by atoms with Crippen LogP contribution in [0.4, 0.5) is 0 Å². The fourth-order valence-corrected chi connectivity index (χ4v) is 3.33. The predicted molar refractivity (Wildman–Crippen MR) is 75.3 cm³/mol. The van der Waals surface area contributed by atoms with Gasteiger partial charge < -0.3 is 5.32 Å².